The summed E-state index contributed by atoms with van der Waals surface area (Å²) < 4.78 is 25.9. The topological polar surface area (TPSA) is 68.7 Å². The van der Waals surface area contributed by atoms with Crippen molar-refractivity contribution in [3.05, 3.63) is 77.2 Å². The molecule has 7 heteroatoms. The van der Waals surface area contributed by atoms with Crippen LogP contribution in [0.1, 0.15) is 74.9 Å². The van der Waals surface area contributed by atoms with E-state index < -0.39 is 11.8 Å². The first-order valence-electron chi connectivity index (χ1n) is 14.0. The van der Waals surface area contributed by atoms with E-state index in [9.17, 15) is 14.0 Å². The predicted molar refractivity (Wildman–Crippen MR) is 154 cm³/mol. The number of hydrogen-bond acceptors (Lipinski definition) is 6. The van der Waals surface area contributed by atoms with Crippen molar-refractivity contribution in [3.8, 4) is 22.8 Å². The van der Waals surface area contributed by atoms with Gasteiger partial charge in [-0.05, 0) is 87.4 Å². The van der Waals surface area contributed by atoms with Crippen LogP contribution in [0.5, 0.6) is 11.6 Å². The van der Waals surface area contributed by atoms with Gasteiger partial charge in [-0.15, -0.1) is 0 Å². The molecule has 0 radical (unpaired) electrons. The van der Waals surface area contributed by atoms with Crippen molar-refractivity contribution in [1.82, 2.24) is 9.88 Å². The van der Waals surface area contributed by atoms with E-state index in [1.807, 2.05) is 31.2 Å². The number of halogens is 1. The number of rotatable bonds is 12. The Kier molecular flexibility index (Phi) is 9.36. The number of benzene rings is 2. The minimum Gasteiger partial charge on any atom is -0.481 e. The van der Waals surface area contributed by atoms with E-state index in [4.69, 9.17) is 9.47 Å². The number of nitrogens with zero attached hydrogens (tertiary/aromatic N) is 2. The van der Waals surface area contributed by atoms with Gasteiger partial charge in [-0.2, -0.15) is 0 Å². The Morgan fingerprint density at radius 2 is 1.85 bits per heavy atom. The molecule has 0 N–H and O–H groups in total. The van der Waals surface area contributed by atoms with Crippen LogP contribution in [0.3, 0.4) is 0 Å². The first-order chi connectivity index (χ1) is 19.1. The SMILES string of the molecule is CCN(Cc1cc(-c2cc(OC)ncc2F)ccc1OC(=O)c1cccc([C@H](C2CC2)[C@H](C)C(C)=O)c1)C(C)C. The van der Waals surface area contributed by atoms with Crippen LogP contribution < -0.4 is 9.47 Å². The van der Waals surface area contributed by atoms with Gasteiger partial charge in [-0.25, -0.2) is 14.2 Å². The molecule has 0 aliphatic heterocycles. The number of hydrogen-bond donors (Lipinski definition) is 0. The summed E-state index contributed by atoms with van der Waals surface area (Å²) in [6.45, 7) is 11.2. The molecule has 1 aliphatic carbocycles. The van der Waals surface area contributed by atoms with Gasteiger partial charge in [0.1, 0.15) is 17.3 Å². The molecule has 3 aromatic rings. The third kappa shape index (κ3) is 6.76. The summed E-state index contributed by atoms with van der Waals surface area (Å²) in [6, 6.07) is 14.6. The lowest BCUT2D eigenvalue weighted by molar-refractivity contribution is -0.121. The smallest absolute Gasteiger partial charge is 0.343 e. The molecule has 0 saturated heterocycles. The van der Waals surface area contributed by atoms with Gasteiger partial charge < -0.3 is 9.47 Å². The second-order valence-corrected chi connectivity index (χ2v) is 11.0. The van der Waals surface area contributed by atoms with Gasteiger partial charge >= 0.3 is 5.97 Å². The molecule has 0 unspecified atom stereocenters. The van der Waals surface area contributed by atoms with Gasteiger partial charge in [-0.3, -0.25) is 9.69 Å². The fourth-order valence-corrected chi connectivity index (χ4v) is 5.31. The third-order valence-electron chi connectivity index (χ3n) is 7.94. The summed E-state index contributed by atoms with van der Waals surface area (Å²) in [5.74, 6) is 0.415. The van der Waals surface area contributed by atoms with Gasteiger partial charge in [0.25, 0.3) is 0 Å². The first-order valence-corrected chi connectivity index (χ1v) is 14.0. The molecular formula is C33H39FN2O4. The maximum absolute atomic E-state index is 14.7. The summed E-state index contributed by atoms with van der Waals surface area (Å²) >= 11 is 0. The summed E-state index contributed by atoms with van der Waals surface area (Å²) in [7, 11) is 1.49. The standard InChI is InChI=1S/C33H39FN2O4/c1-7-36(20(2)3)19-27-15-24(28-17-31(39-6)35-18-29(28)34)13-14-30(27)40-33(38)26-10-8-9-25(16-26)32(23-11-12-23)21(4)22(5)37/h8-10,13-18,20-21,23,32H,7,11-12,19H2,1-6H3/t21-,32+/m1/s1. The number of carbonyl (C=O) groups excluding carboxylic acids is 2. The Labute approximate surface area is 236 Å². The Morgan fingerprint density at radius 3 is 2.48 bits per heavy atom. The largest absolute Gasteiger partial charge is 0.481 e. The number of methoxy groups -OCH3 is 1. The van der Waals surface area contributed by atoms with Gasteiger partial charge in [0, 0.05) is 35.7 Å². The second kappa shape index (κ2) is 12.7. The van der Waals surface area contributed by atoms with Gasteiger partial charge in [0.2, 0.25) is 5.88 Å². The van der Waals surface area contributed by atoms with Crippen LogP contribution in [0.2, 0.25) is 0 Å². The molecule has 1 heterocycles. The molecule has 1 aromatic heterocycles. The molecule has 1 aliphatic rings. The minimum atomic E-state index is -0.467. The van der Waals surface area contributed by atoms with Crippen LogP contribution in [0.15, 0.2) is 54.7 Å². The fourth-order valence-electron chi connectivity index (χ4n) is 5.31. The molecule has 212 valence electrons. The molecule has 0 amide bonds. The highest BCUT2D eigenvalue weighted by molar-refractivity contribution is 5.91. The van der Waals surface area contributed by atoms with Gasteiger partial charge in [0.05, 0.1) is 18.9 Å². The molecule has 0 spiro atoms. The predicted octanol–water partition coefficient (Wildman–Crippen LogP) is 7.06. The number of ether oxygens (including phenoxy) is 2. The highest BCUT2D eigenvalue weighted by Gasteiger charge is 2.37. The quantitative estimate of drug-likeness (QED) is 0.179. The monoisotopic (exact) mass is 546 g/mol. The molecule has 1 saturated carbocycles. The highest BCUT2D eigenvalue weighted by atomic mass is 19.1. The van der Waals surface area contributed by atoms with E-state index in [0.717, 1.165) is 36.7 Å². The summed E-state index contributed by atoms with van der Waals surface area (Å²) in [5, 5.41) is 0. The lowest BCUT2D eigenvalue weighted by atomic mass is 9.81. The Morgan fingerprint density at radius 1 is 1.10 bits per heavy atom. The number of carbonyl (C=O) groups is 2. The van der Waals surface area contributed by atoms with Crippen LogP contribution in [-0.2, 0) is 11.3 Å². The lowest BCUT2D eigenvalue weighted by Gasteiger charge is -2.26. The second-order valence-electron chi connectivity index (χ2n) is 11.0. The van der Waals surface area contributed by atoms with Crippen LogP contribution in [0, 0.1) is 17.7 Å². The van der Waals surface area contributed by atoms with E-state index in [2.05, 4.69) is 30.7 Å². The van der Waals surface area contributed by atoms with E-state index in [-0.39, 0.29) is 23.7 Å². The Balaban J connectivity index is 1.67. The van der Waals surface area contributed by atoms with E-state index in [0.29, 0.717) is 40.8 Å². The molecule has 0 bridgehead atoms. The van der Waals surface area contributed by atoms with Gasteiger partial charge in [-0.1, -0.05) is 32.0 Å². The van der Waals surface area contributed by atoms with E-state index in [1.54, 1.807) is 31.2 Å². The van der Waals surface area contributed by atoms with Crippen molar-refractivity contribution in [2.24, 2.45) is 11.8 Å². The molecule has 4 rings (SSSR count). The average Bonchev–Trinajstić information content (AvgIpc) is 3.78. The van der Waals surface area contributed by atoms with Crippen molar-refractivity contribution in [2.45, 2.75) is 66.0 Å². The summed E-state index contributed by atoms with van der Waals surface area (Å²) in [5.41, 5.74) is 3.20. The first kappa shape index (κ1) is 29.4. The van der Waals surface area contributed by atoms with Crippen LogP contribution in [-0.4, -0.2) is 41.3 Å². The number of pyridine rings is 1. The van der Waals surface area contributed by atoms with Crippen molar-refractivity contribution in [2.75, 3.05) is 13.7 Å². The zero-order chi connectivity index (χ0) is 29.0. The van der Waals surface area contributed by atoms with Crippen molar-refractivity contribution in [3.63, 3.8) is 0 Å². The minimum absolute atomic E-state index is 0.0940. The number of aromatic nitrogens is 1. The van der Waals surface area contributed by atoms with Crippen molar-refractivity contribution >= 4 is 11.8 Å². The van der Waals surface area contributed by atoms with Crippen molar-refractivity contribution in [1.29, 1.82) is 0 Å². The van der Waals surface area contributed by atoms with E-state index in [1.165, 1.54) is 7.11 Å². The van der Waals surface area contributed by atoms with Crippen LogP contribution >= 0.6 is 0 Å². The molecule has 2 atom stereocenters. The highest BCUT2D eigenvalue weighted by Crippen LogP contribution is 2.47. The normalized spacial score (nSPS) is 14.7. The Hall–Kier alpha value is -3.58. The average molecular weight is 547 g/mol. The van der Waals surface area contributed by atoms with Crippen LogP contribution in [0.4, 0.5) is 4.39 Å². The van der Waals surface area contributed by atoms with Crippen LogP contribution in [0.25, 0.3) is 11.1 Å². The van der Waals surface area contributed by atoms with Crippen molar-refractivity contribution < 1.29 is 23.5 Å². The molecular weight excluding hydrogens is 507 g/mol. The fraction of sp³-hybridized carbons (Fsp3) is 0.424. The maximum Gasteiger partial charge on any atom is 0.343 e. The van der Waals surface area contributed by atoms with Gasteiger partial charge in [0.15, 0.2) is 0 Å². The molecule has 1 fully saturated rings. The number of esters is 1. The maximum atomic E-state index is 14.7. The zero-order valence-electron chi connectivity index (χ0n) is 24.2. The van der Waals surface area contributed by atoms with E-state index >= 15 is 0 Å². The molecule has 2 aromatic carbocycles. The number of Topliss-reactive ketones (excluding diaryl/α,β-unsaturated/α-hetero) is 1. The third-order valence-corrected chi connectivity index (χ3v) is 7.94. The number of ketones is 1. The summed E-state index contributed by atoms with van der Waals surface area (Å²) in [6.07, 6.45) is 3.34. The zero-order valence-corrected chi connectivity index (χ0v) is 24.2. The Bertz CT molecular complexity index is 1370. The lowest BCUT2D eigenvalue weighted by Crippen LogP contribution is -2.30. The molecule has 6 nitrogen and oxygen atoms in total. The summed E-state index contributed by atoms with van der Waals surface area (Å²) in [4.78, 5) is 31.8. The molecule has 40 heavy (non-hydrogen) atoms.